The molecule has 0 radical (unpaired) electrons. The maximum atomic E-state index is 13.5. The zero-order chi connectivity index (χ0) is 26.5. The van der Waals surface area contributed by atoms with Gasteiger partial charge in [-0.3, -0.25) is 9.20 Å². The van der Waals surface area contributed by atoms with Crippen molar-refractivity contribution in [2.45, 2.75) is 13.5 Å². The van der Waals surface area contributed by atoms with Crippen molar-refractivity contribution in [3.63, 3.8) is 0 Å². The fourth-order valence-electron chi connectivity index (χ4n) is 5.06. The van der Waals surface area contributed by atoms with Crippen LogP contribution in [0.25, 0.3) is 5.65 Å². The first-order chi connectivity index (χ1) is 18.6. The highest BCUT2D eigenvalue weighted by atomic mass is 16.5. The minimum atomic E-state index is 0.0514. The summed E-state index contributed by atoms with van der Waals surface area (Å²) in [6, 6.07) is 22.3. The van der Waals surface area contributed by atoms with Gasteiger partial charge in [0.05, 0.1) is 25.0 Å². The number of benzene rings is 2. The van der Waals surface area contributed by atoms with Gasteiger partial charge in [0.25, 0.3) is 5.91 Å². The van der Waals surface area contributed by atoms with Gasteiger partial charge in [-0.15, -0.1) is 0 Å². The Morgan fingerprint density at radius 1 is 0.947 bits per heavy atom. The predicted molar refractivity (Wildman–Crippen MR) is 150 cm³/mol. The molecule has 8 nitrogen and oxygen atoms in total. The number of amides is 1. The molecule has 2 aromatic heterocycles. The number of pyridine rings is 1. The third-order valence-electron chi connectivity index (χ3n) is 7.09. The van der Waals surface area contributed by atoms with E-state index in [4.69, 9.17) is 14.5 Å². The lowest BCUT2D eigenvalue weighted by atomic mass is 10.2. The molecule has 0 unspecified atom stereocenters. The molecular formula is C30H35N5O3. The molecule has 1 saturated heterocycles. The van der Waals surface area contributed by atoms with Crippen molar-refractivity contribution in [2.75, 3.05) is 63.4 Å². The van der Waals surface area contributed by atoms with Crippen LogP contribution in [-0.2, 0) is 11.3 Å². The molecule has 1 aliphatic rings. The highest BCUT2D eigenvalue weighted by Gasteiger charge is 2.24. The summed E-state index contributed by atoms with van der Waals surface area (Å²) in [6.45, 7) is 6.99. The molecule has 1 amide bonds. The van der Waals surface area contributed by atoms with Gasteiger partial charge in [-0.2, -0.15) is 0 Å². The van der Waals surface area contributed by atoms with E-state index in [2.05, 4.69) is 46.2 Å². The second-order valence-electron chi connectivity index (χ2n) is 9.54. The molecule has 0 atom stereocenters. The molecule has 8 heteroatoms. The molecule has 4 aromatic rings. The van der Waals surface area contributed by atoms with Crippen molar-refractivity contribution in [1.82, 2.24) is 14.3 Å². The number of ether oxygens (including phenoxy) is 2. The third kappa shape index (κ3) is 5.45. The molecule has 198 valence electrons. The van der Waals surface area contributed by atoms with Crippen molar-refractivity contribution in [3.8, 4) is 5.75 Å². The van der Waals surface area contributed by atoms with Crippen LogP contribution in [0.2, 0.25) is 0 Å². The zero-order valence-corrected chi connectivity index (χ0v) is 22.3. The first kappa shape index (κ1) is 25.6. The Hall–Kier alpha value is -4.04. The number of para-hydroxylation sites is 1. The molecular weight excluding hydrogens is 478 g/mol. The summed E-state index contributed by atoms with van der Waals surface area (Å²) >= 11 is 0. The Balaban J connectivity index is 1.38. The van der Waals surface area contributed by atoms with E-state index in [1.807, 2.05) is 52.8 Å². The number of fused-ring (bicyclic) bond motifs is 1. The summed E-state index contributed by atoms with van der Waals surface area (Å²) in [5.74, 6) is 1.85. The molecule has 0 spiro atoms. The van der Waals surface area contributed by atoms with Crippen LogP contribution < -0.4 is 14.5 Å². The van der Waals surface area contributed by atoms with Gasteiger partial charge >= 0.3 is 0 Å². The van der Waals surface area contributed by atoms with Crippen LogP contribution in [0.4, 0.5) is 11.5 Å². The van der Waals surface area contributed by atoms with Crippen molar-refractivity contribution < 1.29 is 14.3 Å². The van der Waals surface area contributed by atoms with Gasteiger partial charge in [0.1, 0.15) is 17.2 Å². The number of carbonyl (C=O) groups excluding carboxylic acids is 1. The van der Waals surface area contributed by atoms with E-state index in [9.17, 15) is 4.79 Å². The van der Waals surface area contributed by atoms with Crippen molar-refractivity contribution in [2.24, 2.45) is 0 Å². The van der Waals surface area contributed by atoms with E-state index in [1.165, 1.54) is 5.69 Å². The van der Waals surface area contributed by atoms with Crippen molar-refractivity contribution >= 4 is 23.1 Å². The van der Waals surface area contributed by atoms with Crippen LogP contribution in [0.15, 0.2) is 72.9 Å². The first-order valence-electron chi connectivity index (χ1n) is 13.0. The number of carbonyl (C=O) groups is 1. The maximum Gasteiger partial charge on any atom is 0.255 e. The summed E-state index contributed by atoms with van der Waals surface area (Å²) in [7, 11) is 3.38. The number of piperazine rings is 1. The number of nitrogens with zero attached hydrogens (tertiary/aromatic N) is 5. The fraction of sp³-hybridized carbons (Fsp3) is 0.333. The van der Waals surface area contributed by atoms with Crippen molar-refractivity contribution in [1.29, 1.82) is 0 Å². The second-order valence-corrected chi connectivity index (χ2v) is 9.54. The van der Waals surface area contributed by atoms with Crippen LogP contribution in [0.3, 0.4) is 0 Å². The standard InChI is InChI=1S/C30H35N5O3/c1-23-29(34(19-20-37-2)21-24-9-12-27(38-3)13-10-24)35-22-25(11-14-28(35)31-23)30(36)33-17-15-32(16-18-33)26-7-5-4-6-8-26/h4-14,22H,15-21H2,1-3H3. The van der Waals surface area contributed by atoms with Gasteiger partial charge in [0.15, 0.2) is 0 Å². The molecule has 3 heterocycles. The van der Waals surface area contributed by atoms with E-state index in [0.29, 0.717) is 38.3 Å². The van der Waals surface area contributed by atoms with Crippen LogP contribution in [-0.4, -0.2) is 73.7 Å². The van der Waals surface area contributed by atoms with E-state index in [-0.39, 0.29) is 5.91 Å². The molecule has 1 fully saturated rings. The first-order valence-corrected chi connectivity index (χ1v) is 13.0. The Morgan fingerprint density at radius 3 is 2.37 bits per heavy atom. The highest BCUT2D eigenvalue weighted by Crippen LogP contribution is 2.26. The molecule has 2 aromatic carbocycles. The Bertz CT molecular complexity index is 1360. The van der Waals surface area contributed by atoms with Gasteiger partial charge in [-0.05, 0) is 48.9 Å². The molecule has 0 saturated carbocycles. The topological polar surface area (TPSA) is 62.6 Å². The van der Waals surface area contributed by atoms with Gasteiger partial charge in [0.2, 0.25) is 0 Å². The third-order valence-corrected chi connectivity index (χ3v) is 7.09. The van der Waals surface area contributed by atoms with Crippen molar-refractivity contribution in [3.05, 3.63) is 89.7 Å². The minimum Gasteiger partial charge on any atom is -0.497 e. The average Bonchev–Trinajstić information content (AvgIpc) is 3.30. The van der Waals surface area contributed by atoms with Gasteiger partial charge in [-0.1, -0.05) is 30.3 Å². The lowest BCUT2D eigenvalue weighted by Crippen LogP contribution is -2.48. The summed E-state index contributed by atoms with van der Waals surface area (Å²) in [5, 5.41) is 0. The van der Waals surface area contributed by atoms with Gasteiger partial charge in [-0.25, -0.2) is 4.98 Å². The lowest BCUT2D eigenvalue weighted by Gasteiger charge is -2.36. The fourth-order valence-corrected chi connectivity index (χ4v) is 5.06. The number of methoxy groups -OCH3 is 2. The van der Waals surface area contributed by atoms with Crippen LogP contribution >= 0.6 is 0 Å². The summed E-state index contributed by atoms with van der Waals surface area (Å²) < 4.78 is 12.8. The van der Waals surface area contributed by atoms with E-state index in [0.717, 1.165) is 41.6 Å². The minimum absolute atomic E-state index is 0.0514. The van der Waals surface area contributed by atoms with Gasteiger partial charge in [0, 0.05) is 58.3 Å². The molecule has 0 N–H and O–H groups in total. The monoisotopic (exact) mass is 513 g/mol. The summed E-state index contributed by atoms with van der Waals surface area (Å²) in [6.07, 6.45) is 1.93. The van der Waals surface area contributed by atoms with Crippen LogP contribution in [0.1, 0.15) is 21.6 Å². The van der Waals surface area contributed by atoms with E-state index >= 15 is 0 Å². The lowest BCUT2D eigenvalue weighted by molar-refractivity contribution is 0.0746. The van der Waals surface area contributed by atoms with Crippen LogP contribution in [0, 0.1) is 6.92 Å². The Kier molecular flexibility index (Phi) is 7.79. The Labute approximate surface area is 224 Å². The predicted octanol–water partition coefficient (Wildman–Crippen LogP) is 4.27. The number of anilines is 2. The molecule has 0 bridgehead atoms. The SMILES string of the molecule is COCCN(Cc1ccc(OC)cc1)c1c(C)nc2ccc(C(=O)N3CCN(c4ccccc4)CC3)cn12. The van der Waals surface area contributed by atoms with Crippen LogP contribution in [0.5, 0.6) is 5.75 Å². The number of aromatic nitrogens is 2. The average molecular weight is 514 g/mol. The van der Waals surface area contributed by atoms with Gasteiger partial charge < -0.3 is 24.2 Å². The number of hydrogen-bond acceptors (Lipinski definition) is 6. The zero-order valence-electron chi connectivity index (χ0n) is 22.3. The second kappa shape index (κ2) is 11.6. The Morgan fingerprint density at radius 2 is 1.68 bits per heavy atom. The summed E-state index contributed by atoms with van der Waals surface area (Å²) in [4.78, 5) is 24.9. The number of hydrogen-bond donors (Lipinski definition) is 0. The number of rotatable bonds is 9. The quantitative estimate of drug-likeness (QED) is 0.333. The maximum absolute atomic E-state index is 13.5. The summed E-state index contributed by atoms with van der Waals surface area (Å²) in [5.41, 5.74) is 4.75. The largest absolute Gasteiger partial charge is 0.497 e. The molecule has 1 aliphatic heterocycles. The molecule has 5 rings (SSSR count). The number of imidazole rings is 1. The normalized spacial score (nSPS) is 13.7. The highest BCUT2D eigenvalue weighted by molar-refractivity contribution is 5.94. The smallest absolute Gasteiger partial charge is 0.255 e. The molecule has 0 aliphatic carbocycles. The van der Waals surface area contributed by atoms with E-state index in [1.54, 1.807) is 14.2 Å². The van der Waals surface area contributed by atoms with E-state index < -0.39 is 0 Å². The number of aryl methyl sites for hydroxylation is 1. The molecule has 38 heavy (non-hydrogen) atoms.